The van der Waals surface area contributed by atoms with Crippen molar-refractivity contribution in [1.82, 2.24) is 0 Å². The number of nitro benzene ring substituents is 1. The minimum Gasteiger partial charge on any atom is -0.465 e. The van der Waals surface area contributed by atoms with E-state index in [-0.39, 0.29) is 27.5 Å². The number of anilines is 1. The van der Waals surface area contributed by atoms with Crippen molar-refractivity contribution in [2.75, 3.05) is 12.4 Å². The minimum atomic E-state index is -0.611. The van der Waals surface area contributed by atoms with Gasteiger partial charge in [-0.15, -0.1) is 0 Å². The summed E-state index contributed by atoms with van der Waals surface area (Å²) in [6.45, 7) is 0. The summed E-state index contributed by atoms with van der Waals surface area (Å²) in [5.74, 6) is -1.20. The van der Waals surface area contributed by atoms with Crippen LogP contribution < -0.4 is 5.32 Å². The number of hydrogen-bond acceptors (Lipinski definition) is 5. The lowest BCUT2D eigenvalue weighted by Crippen LogP contribution is -2.15. The van der Waals surface area contributed by atoms with E-state index in [4.69, 9.17) is 11.6 Å². The lowest BCUT2D eigenvalue weighted by atomic mass is 10.1. The number of nitrogens with one attached hydrogen (secondary N) is 1. The second-order valence-electron chi connectivity index (χ2n) is 4.41. The molecule has 0 aliphatic carbocycles. The lowest BCUT2D eigenvalue weighted by molar-refractivity contribution is -0.384. The van der Waals surface area contributed by atoms with Crippen LogP contribution in [0.2, 0.25) is 5.02 Å². The molecule has 0 spiro atoms. The van der Waals surface area contributed by atoms with Crippen molar-refractivity contribution in [3.8, 4) is 0 Å². The van der Waals surface area contributed by atoms with E-state index in [0.717, 1.165) is 6.07 Å². The van der Waals surface area contributed by atoms with E-state index in [1.165, 1.54) is 31.4 Å². The van der Waals surface area contributed by atoms with E-state index < -0.39 is 16.8 Å². The molecule has 1 amide bonds. The Kier molecular flexibility index (Phi) is 4.92. The first kappa shape index (κ1) is 16.4. The zero-order valence-electron chi connectivity index (χ0n) is 11.9. The number of ether oxygens (including phenoxy) is 1. The van der Waals surface area contributed by atoms with E-state index in [0.29, 0.717) is 0 Å². The third-order valence-electron chi connectivity index (χ3n) is 2.99. The number of amides is 1. The quantitative estimate of drug-likeness (QED) is 0.525. The van der Waals surface area contributed by atoms with Crippen LogP contribution in [0.4, 0.5) is 11.4 Å². The molecule has 0 fully saturated rings. The monoisotopic (exact) mass is 334 g/mol. The van der Waals surface area contributed by atoms with Crippen LogP contribution in [0.15, 0.2) is 42.5 Å². The molecule has 0 atom stereocenters. The zero-order valence-corrected chi connectivity index (χ0v) is 12.7. The number of methoxy groups -OCH3 is 1. The van der Waals surface area contributed by atoms with Crippen LogP contribution >= 0.6 is 11.6 Å². The normalized spacial score (nSPS) is 10.0. The van der Waals surface area contributed by atoms with Crippen LogP contribution in [-0.2, 0) is 4.74 Å². The topological polar surface area (TPSA) is 98.5 Å². The van der Waals surface area contributed by atoms with Crippen LogP contribution in [0.1, 0.15) is 20.7 Å². The third-order valence-corrected chi connectivity index (χ3v) is 3.30. The van der Waals surface area contributed by atoms with Gasteiger partial charge in [-0.25, -0.2) is 4.79 Å². The molecule has 118 valence electrons. The van der Waals surface area contributed by atoms with Crippen LogP contribution in [0.3, 0.4) is 0 Å². The highest BCUT2D eigenvalue weighted by Crippen LogP contribution is 2.24. The molecular formula is C15H11ClN2O5. The van der Waals surface area contributed by atoms with Gasteiger partial charge in [-0.2, -0.15) is 0 Å². The van der Waals surface area contributed by atoms with Crippen molar-refractivity contribution in [1.29, 1.82) is 0 Å². The van der Waals surface area contributed by atoms with Crippen molar-refractivity contribution in [3.63, 3.8) is 0 Å². The maximum absolute atomic E-state index is 12.3. The molecule has 0 saturated carbocycles. The summed E-state index contributed by atoms with van der Waals surface area (Å²) in [6, 6.07) is 9.80. The Hall–Kier alpha value is -2.93. The number of carbonyl (C=O) groups excluding carboxylic acids is 2. The Morgan fingerprint density at radius 2 is 1.87 bits per heavy atom. The molecule has 0 aromatic heterocycles. The number of esters is 1. The highest BCUT2D eigenvalue weighted by molar-refractivity contribution is 6.34. The summed E-state index contributed by atoms with van der Waals surface area (Å²) in [5.41, 5.74) is 0.263. The van der Waals surface area contributed by atoms with Gasteiger partial charge in [0.25, 0.3) is 11.6 Å². The highest BCUT2D eigenvalue weighted by Gasteiger charge is 2.18. The number of nitrogens with zero attached hydrogens (tertiary/aromatic N) is 1. The summed E-state index contributed by atoms with van der Waals surface area (Å²) >= 11 is 5.91. The zero-order chi connectivity index (χ0) is 17.0. The van der Waals surface area contributed by atoms with Gasteiger partial charge in [-0.05, 0) is 18.2 Å². The molecule has 0 heterocycles. The number of non-ortho nitro benzene ring substituents is 1. The Bertz CT molecular complexity index is 791. The molecule has 0 saturated heterocycles. The van der Waals surface area contributed by atoms with E-state index >= 15 is 0 Å². The Balaban J connectivity index is 2.30. The van der Waals surface area contributed by atoms with Gasteiger partial charge in [0.2, 0.25) is 0 Å². The lowest BCUT2D eigenvalue weighted by Gasteiger charge is -2.10. The van der Waals surface area contributed by atoms with Crippen molar-refractivity contribution in [2.45, 2.75) is 0 Å². The summed E-state index contributed by atoms with van der Waals surface area (Å²) in [7, 11) is 1.23. The first-order chi connectivity index (χ1) is 10.9. The number of halogens is 1. The molecule has 0 bridgehead atoms. The first-order valence-corrected chi connectivity index (χ1v) is 6.74. The van der Waals surface area contributed by atoms with Crippen LogP contribution in [-0.4, -0.2) is 23.9 Å². The van der Waals surface area contributed by atoms with Gasteiger partial charge in [-0.1, -0.05) is 23.7 Å². The average molecular weight is 335 g/mol. The van der Waals surface area contributed by atoms with Gasteiger partial charge in [0.05, 0.1) is 33.9 Å². The van der Waals surface area contributed by atoms with Gasteiger partial charge in [0, 0.05) is 12.1 Å². The van der Waals surface area contributed by atoms with Crippen LogP contribution in [0.5, 0.6) is 0 Å². The third kappa shape index (κ3) is 3.64. The maximum atomic E-state index is 12.3. The van der Waals surface area contributed by atoms with Crippen molar-refractivity contribution < 1.29 is 19.2 Å². The Labute approximate surface area is 136 Å². The summed E-state index contributed by atoms with van der Waals surface area (Å²) in [6.07, 6.45) is 0. The average Bonchev–Trinajstić information content (AvgIpc) is 2.54. The fourth-order valence-electron chi connectivity index (χ4n) is 1.87. The van der Waals surface area contributed by atoms with Gasteiger partial charge in [0.1, 0.15) is 0 Å². The van der Waals surface area contributed by atoms with Crippen molar-refractivity contribution >= 4 is 34.9 Å². The van der Waals surface area contributed by atoms with Gasteiger partial charge >= 0.3 is 5.97 Å². The molecule has 1 N–H and O–H groups in total. The van der Waals surface area contributed by atoms with Crippen molar-refractivity contribution in [3.05, 3.63) is 68.7 Å². The maximum Gasteiger partial charge on any atom is 0.339 e. The van der Waals surface area contributed by atoms with Gasteiger partial charge in [-0.3, -0.25) is 14.9 Å². The number of benzene rings is 2. The minimum absolute atomic E-state index is 0.0527. The van der Waals surface area contributed by atoms with Crippen LogP contribution in [0.25, 0.3) is 0 Å². The molecule has 2 rings (SSSR count). The van der Waals surface area contributed by atoms with Gasteiger partial charge in [0.15, 0.2) is 0 Å². The second kappa shape index (κ2) is 6.89. The number of rotatable bonds is 4. The molecule has 8 heteroatoms. The summed E-state index contributed by atoms with van der Waals surface area (Å²) in [4.78, 5) is 34.0. The fraction of sp³-hybridized carbons (Fsp3) is 0.0667. The molecule has 7 nitrogen and oxygen atoms in total. The Morgan fingerprint density at radius 1 is 1.17 bits per heavy atom. The van der Waals surface area contributed by atoms with E-state index in [2.05, 4.69) is 10.1 Å². The fourth-order valence-corrected chi connectivity index (χ4v) is 2.13. The van der Waals surface area contributed by atoms with Gasteiger partial charge < -0.3 is 10.1 Å². The summed E-state index contributed by atoms with van der Waals surface area (Å²) < 4.78 is 4.64. The molecule has 0 aliphatic heterocycles. The second-order valence-corrected chi connectivity index (χ2v) is 4.82. The highest BCUT2D eigenvalue weighted by atomic mass is 35.5. The largest absolute Gasteiger partial charge is 0.465 e. The van der Waals surface area contributed by atoms with E-state index in [9.17, 15) is 19.7 Å². The predicted octanol–water partition coefficient (Wildman–Crippen LogP) is 3.29. The number of para-hydroxylation sites is 1. The molecular weight excluding hydrogens is 324 g/mol. The molecule has 2 aromatic rings. The molecule has 0 radical (unpaired) electrons. The molecule has 23 heavy (non-hydrogen) atoms. The van der Waals surface area contributed by atoms with Crippen LogP contribution in [0, 0.1) is 10.1 Å². The number of nitro groups is 1. The Morgan fingerprint density at radius 3 is 2.48 bits per heavy atom. The molecule has 0 aliphatic rings. The van der Waals surface area contributed by atoms with E-state index in [1.807, 2.05) is 0 Å². The predicted molar refractivity (Wildman–Crippen MR) is 83.8 cm³/mol. The SMILES string of the molecule is COC(=O)c1ccccc1NC(=O)c1ccc([N+](=O)[O-])cc1Cl. The smallest absolute Gasteiger partial charge is 0.339 e. The first-order valence-electron chi connectivity index (χ1n) is 6.36. The number of hydrogen-bond donors (Lipinski definition) is 1. The van der Waals surface area contributed by atoms with Crippen molar-refractivity contribution in [2.24, 2.45) is 0 Å². The van der Waals surface area contributed by atoms with E-state index in [1.54, 1.807) is 12.1 Å². The molecule has 0 unspecified atom stereocenters. The number of carbonyl (C=O) groups is 2. The summed E-state index contributed by atoms with van der Waals surface area (Å²) in [5, 5.41) is 13.1. The standard InChI is InChI=1S/C15H11ClN2O5/c1-23-15(20)11-4-2-3-5-13(11)17-14(19)10-7-6-9(18(21)22)8-12(10)16/h2-8H,1H3,(H,17,19). The molecule has 2 aromatic carbocycles.